The molecule has 4 heteroatoms. The molecule has 98 valence electrons. The number of para-hydroxylation sites is 1. The van der Waals surface area contributed by atoms with E-state index in [1.54, 1.807) is 13.1 Å². The molecule has 0 fully saturated rings. The van der Waals surface area contributed by atoms with Gasteiger partial charge in [0.1, 0.15) is 17.3 Å². The Bertz CT molecular complexity index is 642. The molecule has 2 aromatic rings. The monoisotopic (exact) mass is 257 g/mol. The Balaban J connectivity index is 2.12. The number of esters is 1. The number of benzene rings is 1. The molecule has 2 heterocycles. The number of ether oxygens (including phenoxy) is 1. The maximum absolute atomic E-state index is 12.0. The lowest BCUT2D eigenvalue weighted by atomic mass is 10.0. The largest absolute Gasteiger partial charge is 0.465 e. The van der Waals surface area contributed by atoms with Crippen molar-refractivity contribution < 1.29 is 13.9 Å². The quantitative estimate of drug-likeness (QED) is 0.777. The average Bonchev–Trinajstić information content (AvgIpc) is 2.64. The third kappa shape index (κ3) is 2.03. The van der Waals surface area contributed by atoms with Gasteiger partial charge in [0.2, 0.25) is 0 Å². The molecule has 1 aromatic carbocycles. The van der Waals surface area contributed by atoms with Crippen LogP contribution in [-0.4, -0.2) is 25.3 Å². The molecule has 1 unspecified atom stereocenters. The number of carbonyl (C=O) groups is 1. The molecule has 3 rings (SSSR count). The van der Waals surface area contributed by atoms with Gasteiger partial charge in [0.25, 0.3) is 0 Å². The molecule has 0 amide bonds. The van der Waals surface area contributed by atoms with Crippen molar-refractivity contribution in [2.24, 2.45) is 4.99 Å². The second-order valence-electron chi connectivity index (χ2n) is 4.48. The fraction of sp³-hybridized carbons (Fsp3) is 0.333. The Hall–Kier alpha value is -2.10. The molecule has 0 saturated heterocycles. The highest BCUT2D eigenvalue weighted by molar-refractivity contribution is 5.98. The topological polar surface area (TPSA) is 51.8 Å². The van der Waals surface area contributed by atoms with Crippen molar-refractivity contribution >= 4 is 23.2 Å². The zero-order chi connectivity index (χ0) is 13.2. The lowest BCUT2D eigenvalue weighted by Gasteiger charge is -2.08. The minimum absolute atomic E-state index is 0.298. The van der Waals surface area contributed by atoms with Gasteiger partial charge in [-0.05, 0) is 19.4 Å². The number of nitrogens with zero attached hydrogens (tertiary/aromatic N) is 1. The van der Waals surface area contributed by atoms with Crippen LogP contribution in [0.5, 0.6) is 0 Å². The molecule has 1 aliphatic heterocycles. The summed E-state index contributed by atoms with van der Waals surface area (Å²) in [5.41, 5.74) is 1.89. The van der Waals surface area contributed by atoms with Gasteiger partial charge in [-0.1, -0.05) is 18.2 Å². The molecule has 0 N–H and O–H groups in total. The number of furan rings is 1. The Kier molecular flexibility index (Phi) is 3.07. The molecule has 0 saturated carbocycles. The first-order valence-electron chi connectivity index (χ1n) is 6.48. The summed E-state index contributed by atoms with van der Waals surface area (Å²) in [4.78, 5) is 16.3. The molecule has 4 nitrogen and oxygen atoms in total. The predicted octanol–water partition coefficient (Wildman–Crippen LogP) is 2.71. The summed E-state index contributed by atoms with van der Waals surface area (Å²) in [6.07, 6.45) is 2.44. The molecule has 1 aromatic heterocycles. The van der Waals surface area contributed by atoms with E-state index < -0.39 is 5.92 Å². The van der Waals surface area contributed by atoms with Gasteiger partial charge in [0.15, 0.2) is 0 Å². The van der Waals surface area contributed by atoms with Crippen LogP contribution in [0.1, 0.15) is 24.2 Å². The summed E-state index contributed by atoms with van der Waals surface area (Å²) < 4.78 is 11.0. The summed E-state index contributed by atoms with van der Waals surface area (Å²) in [5.74, 6) is -0.140. The highest BCUT2D eigenvalue weighted by atomic mass is 16.5. The third-order valence-corrected chi connectivity index (χ3v) is 3.30. The van der Waals surface area contributed by atoms with Gasteiger partial charge in [-0.15, -0.1) is 0 Å². The van der Waals surface area contributed by atoms with Gasteiger partial charge in [-0.2, -0.15) is 0 Å². The zero-order valence-corrected chi connectivity index (χ0v) is 10.8. The average molecular weight is 257 g/mol. The van der Waals surface area contributed by atoms with E-state index >= 15 is 0 Å². The summed E-state index contributed by atoms with van der Waals surface area (Å²) in [5, 5.41) is 1.07. The first-order valence-corrected chi connectivity index (χ1v) is 6.48. The molecule has 0 bridgehead atoms. The first-order chi connectivity index (χ1) is 9.31. The van der Waals surface area contributed by atoms with Crippen LogP contribution in [0, 0.1) is 0 Å². The van der Waals surface area contributed by atoms with Crippen LogP contribution in [-0.2, 0) is 16.0 Å². The fourth-order valence-electron chi connectivity index (χ4n) is 2.45. The molecule has 0 aliphatic carbocycles. The van der Waals surface area contributed by atoms with E-state index in [9.17, 15) is 4.79 Å². The second kappa shape index (κ2) is 4.88. The second-order valence-corrected chi connectivity index (χ2v) is 4.48. The van der Waals surface area contributed by atoms with Crippen molar-refractivity contribution in [3.05, 3.63) is 35.6 Å². The van der Waals surface area contributed by atoms with E-state index in [-0.39, 0.29) is 5.97 Å². The highest BCUT2D eigenvalue weighted by Gasteiger charge is 2.29. The van der Waals surface area contributed by atoms with Crippen LogP contribution in [0.3, 0.4) is 0 Å². The Morgan fingerprint density at radius 3 is 3.16 bits per heavy atom. The summed E-state index contributed by atoms with van der Waals surface area (Å²) in [6.45, 7) is 2.83. The van der Waals surface area contributed by atoms with Gasteiger partial charge in [0.05, 0.1) is 6.61 Å². The fourth-order valence-corrected chi connectivity index (χ4v) is 2.45. The number of carbonyl (C=O) groups excluding carboxylic acids is 1. The number of aliphatic imine (C=N–C) groups is 1. The molecular weight excluding hydrogens is 242 g/mol. The minimum atomic E-state index is -0.523. The minimum Gasteiger partial charge on any atom is -0.465 e. The normalized spacial score (nSPS) is 18.1. The van der Waals surface area contributed by atoms with Crippen LogP contribution < -0.4 is 0 Å². The number of rotatable bonds is 2. The van der Waals surface area contributed by atoms with Gasteiger partial charge in [-0.25, -0.2) is 0 Å². The van der Waals surface area contributed by atoms with E-state index in [4.69, 9.17) is 9.15 Å². The Morgan fingerprint density at radius 1 is 1.47 bits per heavy atom. The van der Waals surface area contributed by atoms with Crippen molar-refractivity contribution in [1.29, 1.82) is 0 Å². The van der Waals surface area contributed by atoms with Crippen molar-refractivity contribution in [1.82, 2.24) is 0 Å². The molecular formula is C15H15NO3. The Morgan fingerprint density at radius 2 is 2.32 bits per heavy atom. The number of hydrogen-bond acceptors (Lipinski definition) is 4. The summed E-state index contributed by atoms with van der Waals surface area (Å²) in [7, 11) is 0. The van der Waals surface area contributed by atoms with Crippen LogP contribution in [0.25, 0.3) is 11.0 Å². The van der Waals surface area contributed by atoms with Crippen LogP contribution >= 0.6 is 0 Å². The Labute approximate surface area is 111 Å². The molecule has 1 aliphatic rings. The van der Waals surface area contributed by atoms with E-state index in [1.165, 1.54) is 0 Å². The van der Waals surface area contributed by atoms with E-state index in [2.05, 4.69) is 4.99 Å². The summed E-state index contributed by atoms with van der Waals surface area (Å²) in [6, 6.07) is 7.84. The standard InChI is InChI=1S/C15H15NO3/c1-2-18-15(17)12-9-16-8-7-11-10-5-3-4-6-13(10)19-14(11)12/h3-6,9,12H,2,7-8H2,1H3. The third-order valence-electron chi connectivity index (χ3n) is 3.30. The van der Waals surface area contributed by atoms with Gasteiger partial charge in [0, 0.05) is 23.7 Å². The van der Waals surface area contributed by atoms with Gasteiger partial charge >= 0.3 is 5.97 Å². The van der Waals surface area contributed by atoms with Crippen molar-refractivity contribution in [2.75, 3.05) is 13.2 Å². The molecule has 0 spiro atoms. The molecule has 19 heavy (non-hydrogen) atoms. The highest BCUT2D eigenvalue weighted by Crippen LogP contribution is 2.32. The van der Waals surface area contributed by atoms with Crippen LogP contribution in [0.4, 0.5) is 0 Å². The number of fused-ring (bicyclic) bond motifs is 3. The van der Waals surface area contributed by atoms with Crippen molar-refractivity contribution in [2.45, 2.75) is 19.3 Å². The number of hydrogen-bond donors (Lipinski definition) is 0. The smallest absolute Gasteiger partial charge is 0.322 e. The zero-order valence-electron chi connectivity index (χ0n) is 10.8. The van der Waals surface area contributed by atoms with Crippen LogP contribution in [0.15, 0.2) is 33.7 Å². The van der Waals surface area contributed by atoms with Gasteiger partial charge in [-0.3, -0.25) is 9.79 Å². The van der Waals surface area contributed by atoms with Crippen molar-refractivity contribution in [3.8, 4) is 0 Å². The van der Waals surface area contributed by atoms with E-state index in [1.807, 2.05) is 24.3 Å². The summed E-state index contributed by atoms with van der Waals surface area (Å²) >= 11 is 0. The van der Waals surface area contributed by atoms with E-state index in [0.29, 0.717) is 18.9 Å². The lowest BCUT2D eigenvalue weighted by molar-refractivity contribution is -0.143. The van der Waals surface area contributed by atoms with E-state index in [0.717, 1.165) is 23.0 Å². The SMILES string of the molecule is CCOC(=O)C1C=NCCc2c1oc1ccccc21. The maximum atomic E-state index is 12.0. The first kappa shape index (κ1) is 12.0. The lowest BCUT2D eigenvalue weighted by Crippen LogP contribution is -2.17. The van der Waals surface area contributed by atoms with Crippen LogP contribution in [0.2, 0.25) is 0 Å². The van der Waals surface area contributed by atoms with Gasteiger partial charge < -0.3 is 9.15 Å². The predicted molar refractivity (Wildman–Crippen MR) is 72.7 cm³/mol. The maximum Gasteiger partial charge on any atom is 0.322 e. The molecule has 0 radical (unpaired) electrons. The molecule has 1 atom stereocenters. The van der Waals surface area contributed by atoms with Crippen molar-refractivity contribution in [3.63, 3.8) is 0 Å².